The minimum absolute atomic E-state index is 0. The monoisotopic (exact) mass is 387 g/mol. The smallest absolute Gasteiger partial charge is 0.304 e. The van der Waals surface area contributed by atoms with Gasteiger partial charge in [-0.15, -0.1) is 12.4 Å². The van der Waals surface area contributed by atoms with Crippen molar-refractivity contribution in [1.29, 1.82) is 0 Å². The van der Waals surface area contributed by atoms with Crippen LogP contribution in [0, 0.1) is 0 Å². The Balaban J connectivity index is 0.00000784. The lowest BCUT2D eigenvalue weighted by atomic mass is 9.97. The first-order chi connectivity index (χ1) is 13.3. The maximum Gasteiger partial charge on any atom is 0.304 e. The molecule has 0 radical (unpaired) electrons. The van der Waals surface area contributed by atoms with Gasteiger partial charge in [0.2, 0.25) is 6.29 Å². The number of hydrogen-bond acceptors (Lipinski definition) is 10. The van der Waals surface area contributed by atoms with Crippen molar-refractivity contribution in [1.82, 2.24) is 0 Å². The molecule has 1 rings (SSSR count). The Morgan fingerprint density at radius 2 is 1.44 bits per heavy atom. The number of halogens is 1. The van der Waals surface area contributed by atoms with Crippen molar-refractivity contribution < 1.29 is 48.3 Å². The van der Waals surface area contributed by atoms with Crippen molar-refractivity contribution in [3.8, 4) is 0 Å². The van der Waals surface area contributed by atoms with Gasteiger partial charge in [-0.3, -0.25) is 19.2 Å². The van der Waals surface area contributed by atoms with Gasteiger partial charge >= 0.3 is 23.9 Å². The van der Waals surface area contributed by atoms with E-state index >= 15 is 0 Å². The molecular formula is C14H22ClNO9. The van der Waals surface area contributed by atoms with Crippen LogP contribution in [0.25, 0.3) is 0 Å². The van der Waals surface area contributed by atoms with Gasteiger partial charge in [0.1, 0.15) is 18.8 Å². The van der Waals surface area contributed by atoms with Crippen molar-refractivity contribution >= 4 is 36.3 Å². The molecule has 10 nitrogen and oxygen atoms in total. The molecule has 0 spiro atoms. The highest BCUT2D eigenvalue weighted by Gasteiger charge is 2.50. The second-order valence-electron chi connectivity index (χ2n) is 4.70. The van der Waals surface area contributed by atoms with Gasteiger partial charge in [0.25, 0.3) is 0 Å². The number of rotatable bonds is 5. The second-order valence-corrected chi connectivity index (χ2v) is 4.70. The maximum absolute atomic E-state index is 11.6. The fraction of sp³-hybridized carbons (Fsp3) is 0.714. The summed E-state index contributed by atoms with van der Waals surface area (Å²) in [4.78, 5) is 45.9. The van der Waals surface area contributed by atoms with Gasteiger partial charge in [-0.25, -0.2) is 0 Å². The number of nitrogens with two attached hydrogens (primary N) is 1. The van der Waals surface area contributed by atoms with E-state index in [4.69, 9.17) is 34.9 Å². The Kier molecular flexibility index (Phi) is 6.73. The number of hydrogen-bond donors (Lipinski definition) is 1. The summed E-state index contributed by atoms with van der Waals surface area (Å²) in [5.41, 5.74) is 5.90. The summed E-state index contributed by atoms with van der Waals surface area (Å²) < 4.78 is 53.2. The summed E-state index contributed by atoms with van der Waals surface area (Å²) in [6.45, 7) is -3.57. The summed E-state index contributed by atoms with van der Waals surface area (Å²) >= 11 is 0. The topological polar surface area (TPSA) is 140 Å². The molecule has 0 aliphatic carbocycles. The first kappa shape index (κ1) is 16.6. The molecule has 1 unspecified atom stereocenters. The third kappa shape index (κ3) is 7.24. The Morgan fingerprint density at radius 3 is 2.00 bits per heavy atom. The Labute approximate surface area is 156 Å². The zero-order valence-corrected chi connectivity index (χ0v) is 13.9. The van der Waals surface area contributed by atoms with E-state index in [1.807, 2.05) is 0 Å². The van der Waals surface area contributed by atoms with Gasteiger partial charge in [0.15, 0.2) is 12.2 Å². The molecule has 0 amide bonds. The lowest BCUT2D eigenvalue weighted by Crippen LogP contribution is -2.65. The van der Waals surface area contributed by atoms with E-state index in [1.165, 1.54) is 0 Å². The fourth-order valence-electron chi connectivity index (χ4n) is 2.06. The number of ether oxygens (including phenoxy) is 5. The molecule has 0 bridgehead atoms. The Morgan fingerprint density at radius 1 is 0.920 bits per heavy atom. The maximum atomic E-state index is 11.6. The van der Waals surface area contributed by atoms with E-state index in [0.29, 0.717) is 0 Å². The minimum atomic E-state index is -1.54. The number of esters is 4. The molecule has 1 heterocycles. The summed E-state index contributed by atoms with van der Waals surface area (Å²) in [7, 11) is 0. The zero-order valence-electron chi connectivity index (χ0n) is 17.1. The van der Waals surface area contributed by atoms with E-state index < -0.39 is 88.7 Å². The van der Waals surface area contributed by atoms with Crippen molar-refractivity contribution in [3.05, 3.63) is 0 Å². The number of carbonyl (C=O) groups is 4. The summed E-state index contributed by atoms with van der Waals surface area (Å²) in [5, 5.41) is 0. The van der Waals surface area contributed by atoms with Gasteiger partial charge in [-0.2, -0.15) is 0 Å². The second kappa shape index (κ2) is 10.2. The van der Waals surface area contributed by atoms with Crippen LogP contribution >= 0.6 is 12.4 Å². The normalized spacial score (nSPS) is 30.2. The highest BCUT2D eigenvalue weighted by molar-refractivity contribution is 5.85. The van der Waals surface area contributed by atoms with Crippen LogP contribution in [-0.2, 0) is 42.9 Å². The Hall–Kier alpha value is -1.91. The summed E-state index contributed by atoms with van der Waals surface area (Å²) in [6, 6.07) is -1.36. The van der Waals surface area contributed by atoms with Crippen molar-refractivity contribution in [2.24, 2.45) is 5.73 Å². The van der Waals surface area contributed by atoms with Crippen LogP contribution in [0.2, 0.25) is 0 Å². The van der Waals surface area contributed by atoms with Gasteiger partial charge in [0, 0.05) is 33.1 Å². The summed E-state index contributed by atoms with van der Waals surface area (Å²) in [5.74, 6) is -3.98. The zero-order chi connectivity index (χ0) is 21.3. The van der Waals surface area contributed by atoms with Crippen LogP contribution in [-0.4, -0.2) is 61.1 Å². The third-order valence-electron chi connectivity index (χ3n) is 2.88. The molecule has 25 heavy (non-hydrogen) atoms. The predicted octanol–water partition coefficient (Wildman–Crippen LogP) is -0.550. The van der Waals surface area contributed by atoms with Gasteiger partial charge in [-0.05, 0) is 0 Å². The highest BCUT2D eigenvalue weighted by Crippen LogP contribution is 2.26. The van der Waals surface area contributed by atoms with Gasteiger partial charge in [-0.1, -0.05) is 0 Å². The molecule has 0 aromatic rings. The molecule has 0 aromatic heterocycles. The molecule has 1 aliphatic rings. The molecular weight excluding hydrogens is 362 g/mol. The molecule has 0 saturated carbocycles. The summed E-state index contributed by atoms with van der Waals surface area (Å²) in [6.07, 6.45) is -5.75. The molecule has 144 valence electrons. The molecule has 2 N–H and O–H groups in total. The van der Waals surface area contributed by atoms with E-state index in [0.717, 1.165) is 0 Å². The average molecular weight is 388 g/mol. The SMILES string of the molecule is Cl.[2H]CC(=O)OC[C@H]1OC(OC(=O)C[2H])[C@H](N)[C@@H](OC(=O)C[2H])[C@@H]1OC(=O)C[2H]. The highest BCUT2D eigenvalue weighted by atomic mass is 35.5. The Bertz CT molecular complexity index is 567. The van der Waals surface area contributed by atoms with Crippen molar-refractivity contribution in [3.63, 3.8) is 0 Å². The lowest BCUT2D eigenvalue weighted by molar-refractivity contribution is -0.267. The minimum Gasteiger partial charge on any atom is -0.463 e. The van der Waals surface area contributed by atoms with Crippen molar-refractivity contribution in [2.45, 2.75) is 58.2 Å². The van der Waals surface area contributed by atoms with Crippen LogP contribution < -0.4 is 5.73 Å². The molecule has 5 atom stereocenters. The van der Waals surface area contributed by atoms with E-state index in [-0.39, 0.29) is 12.4 Å². The average Bonchev–Trinajstić information content (AvgIpc) is 2.70. The van der Waals surface area contributed by atoms with Crippen LogP contribution in [0.1, 0.15) is 33.1 Å². The molecule has 1 aliphatic heterocycles. The van der Waals surface area contributed by atoms with E-state index in [9.17, 15) is 19.2 Å². The van der Waals surface area contributed by atoms with Gasteiger partial charge in [0.05, 0.1) is 0 Å². The first-order valence-electron chi connectivity index (χ1n) is 9.42. The van der Waals surface area contributed by atoms with Gasteiger partial charge < -0.3 is 29.4 Å². The quantitative estimate of drug-likeness (QED) is 0.482. The van der Waals surface area contributed by atoms with E-state index in [2.05, 4.69) is 0 Å². The molecule has 0 aromatic carbocycles. The van der Waals surface area contributed by atoms with Crippen LogP contribution in [0.3, 0.4) is 0 Å². The first-order valence-corrected chi connectivity index (χ1v) is 6.59. The van der Waals surface area contributed by atoms with Crippen LogP contribution in [0.15, 0.2) is 0 Å². The largest absolute Gasteiger partial charge is 0.463 e. The fourth-order valence-corrected chi connectivity index (χ4v) is 2.06. The number of carbonyl (C=O) groups excluding carboxylic acids is 4. The predicted molar refractivity (Wildman–Crippen MR) is 83.4 cm³/mol. The molecule has 1 saturated heterocycles. The standard InChI is InChI=1S/C14H21NO9.ClH/c1-6(16)20-5-10-12(21-7(2)17)13(22-8(3)18)11(15)14(24-10)23-9(4)19;/h10-14H,5,15H2,1-4H3;1H/t10-,11-,12-,13-,14?;/m1./s1/i1D,2D,3D,4D;. The van der Waals surface area contributed by atoms with E-state index in [1.54, 1.807) is 0 Å². The third-order valence-corrected chi connectivity index (χ3v) is 2.88. The molecule has 11 heteroatoms. The molecule has 1 fully saturated rings. The van der Waals surface area contributed by atoms with Crippen LogP contribution in [0.4, 0.5) is 0 Å². The van der Waals surface area contributed by atoms with Crippen LogP contribution in [0.5, 0.6) is 0 Å². The lowest BCUT2D eigenvalue weighted by Gasteiger charge is -2.42. The van der Waals surface area contributed by atoms with Crippen molar-refractivity contribution in [2.75, 3.05) is 6.61 Å².